The molecule has 0 aliphatic rings. The minimum atomic E-state index is -1.61. The van der Waals surface area contributed by atoms with Crippen molar-refractivity contribution >= 4 is 17.9 Å². The molecule has 0 bridgehead atoms. The number of aliphatic carboxylic acids is 1. The summed E-state index contributed by atoms with van der Waals surface area (Å²) in [5.74, 6) is -2.27. The largest absolute Gasteiger partial charge is 0.545 e. The number of likely N-dealkylation sites (N-methyl/N-ethyl adjacent to an activating group) is 1. The lowest BCUT2D eigenvalue weighted by atomic mass is 10.0. The first-order chi connectivity index (χ1) is 25.1. The van der Waals surface area contributed by atoms with Crippen molar-refractivity contribution in [3.63, 3.8) is 0 Å². The van der Waals surface area contributed by atoms with Crippen molar-refractivity contribution in [2.45, 2.75) is 212 Å². The van der Waals surface area contributed by atoms with E-state index in [-0.39, 0.29) is 32.2 Å². The highest BCUT2D eigenvalue weighted by Gasteiger charge is 2.21. The Morgan fingerprint density at radius 3 is 1.23 bits per heavy atom. The number of unbranched alkanes of at least 4 members (excludes halogenated alkanes) is 25. The second kappa shape index (κ2) is 36.3. The zero-order valence-electron chi connectivity index (χ0n) is 34.7. The molecule has 0 aliphatic heterocycles. The number of hydrogen-bond acceptors (Lipinski definition) is 8. The van der Waals surface area contributed by atoms with E-state index >= 15 is 0 Å². The second-order valence-electron chi connectivity index (χ2n) is 16.0. The lowest BCUT2D eigenvalue weighted by Gasteiger charge is -2.26. The third-order valence-electron chi connectivity index (χ3n) is 9.60. The quantitative estimate of drug-likeness (QED) is 0.0264. The Kier molecular flexibility index (Phi) is 35.1. The normalized spacial score (nSPS) is 12.9. The van der Waals surface area contributed by atoms with Gasteiger partial charge in [0.15, 0.2) is 12.4 Å². The molecule has 0 aromatic rings. The van der Waals surface area contributed by atoms with Crippen molar-refractivity contribution in [2.24, 2.45) is 0 Å². The van der Waals surface area contributed by atoms with E-state index < -0.39 is 24.3 Å². The van der Waals surface area contributed by atoms with Gasteiger partial charge in [-0.05, 0) is 12.8 Å². The molecule has 2 atom stereocenters. The molecule has 52 heavy (non-hydrogen) atoms. The SMILES string of the molecule is CCCCCCCCCCCCCCCCC(=O)OC(COC(=O)CCCCCCCCCCCCCCC)COC(OCC[N+](C)(C)C)C(=O)[O-]. The first-order valence-corrected chi connectivity index (χ1v) is 21.7. The van der Waals surface area contributed by atoms with Crippen LogP contribution in [-0.2, 0) is 33.3 Å². The Labute approximate surface area is 320 Å². The van der Waals surface area contributed by atoms with Crippen LogP contribution in [-0.4, -0.2) is 82.3 Å². The number of carboxylic acids is 1. The van der Waals surface area contributed by atoms with Crippen LogP contribution in [0.15, 0.2) is 0 Å². The lowest BCUT2D eigenvalue weighted by Crippen LogP contribution is -2.44. The number of ether oxygens (including phenoxy) is 4. The summed E-state index contributed by atoms with van der Waals surface area (Å²) < 4.78 is 22.5. The number of nitrogens with zero attached hydrogens (tertiary/aromatic N) is 1. The van der Waals surface area contributed by atoms with Crippen molar-refractivity contribution in [3.05, 3.63) is 0 Å². The van der Waals surface area contributed by atoms with Gasteiger partial charge < -0.3 is 33.3 Å². The number of hydrogen-bond donors (Lipinski definition) is 0. The molecule has 0 heterocycles. The topological polar surface area (TPSA) is 111 Å². The molecule has 0 rings (SSSR count). The van der Waals surface area contributed by atoms with Crippen LogP contribution >= 0.6 is 0 Å². The summed E-state index contributed by atoms with van der Waals surface area (Å²) in [6.07, 6.45) is 31.2. The monoisotopic (exact) mass is 742 g/mol. The van der Waals surface area contributed by atoms with E-state index in [0.717, 1.165) is 38.5 Å². The van der Waals surface area contributed by atoms with Crippen LogP contribution in [0.3, 0.4) is 0 Å². The molecule has 9 heteroatoms. The molecule has 0 radical (unpaired) electrons. The van der Waals surface area contributed by atoms with Crippen molar-refractivity contribution in [2.75, 3.05) is 47.5 Å². The Morgan fingerprint density at radius 1 is 0.500 bits per heavy atom. The van der Waals surface area contributed by atoms with Crippen molar-refractivity contribution < 1.29 is 42.9 Å². The molecule has 0 saturated carbocycles. The number of carboxylic acid groups (broad SMARTS) is 1. The van der Waals surface area contributed by atoms with E-state index in [1.807, 2.05) is 21.1 Å². The van der Waals surface area contributed by atoms with Crippen LogP contribution in [0, 0.1) is 0 Å². The first-order valence-electron chi connectivity index (χ1n) is 21.7. The van der Waals surface area contributed by atoms with Gasteiger partial charge >= 0.3 is 11.9 Å². The summed E-state index contributed by atoms with van der Waals surface area (Å²) in [7, 11) is 5.91. The average molecular weight is 742 g/mol. The van der Waals surface area contributed by atoms with E-state index in [1.165, 1.54) is 135 Å². The maximum Gasteiger partial charge on any atom is 0.306 e. The Bertz CT molecular complexity index is 830. The summed E-state index contributed by atoms with van der Waals surface area (Å²) in [4.78, 5) is 36.9. The third kappa shape index (κ3) is 36.6. The predicted molar refractivity (Wildman–Crippen MR) is 210 cm³/mol. The van der Waals surface area contributed by atoms with E-state index in [1.54, 1.807) is 0 Å². The molecule has 0 aromatic carbocycles. The maximum atomic E-state index is 12.7. The first kappa shape index (κ1) is 50.3. The smallest absolute Gasteiger partial charge is 0.306 e. The summed E-state index contributed by atoms with van der Waals surface area (Å²) in [5.41, 5.74) is 0. The van der Waals surface area contributed by atoms with Crippen molar-refractivity contribution in [3.8, 4) is 0 Å². The van der Waals surface area contributed by atoms with Gasteiger partial charge in [-0.1, -0.05) is 174 Å². The van der Waals surface area contributed by atoms with Gasteiger partial charge in [0.25, 0.3) is 0 Å². The van der Waals surface area contributed by atoms with Gasteiger partial charge in [-0.25, -0.2) is 0 Å². The number of rotatable bonds is 40. The third-order valence-corrected chi connectivity index (χ3v) is 9.60. The van der Waals surface area contributed by atoms with Crippen LogP contribution < -0.4 is 5.11 Å². The fraction of sp³-hybridized carbons (Fsp3) is 0.930. The van der Waals surface area contributed by atoms with Crippen LogP contribution in [0.2, 0.25) is 0 Å². The maximum absolute atomic E-state index is 12.7. The molecule has 0 aliphatic carbocycles. The zero-order valence-corrected chi connectivity index (χ0v) is 34.7. The molecular formula is C43H83NO8. The predicted octanol–water partition coefficient (Wildman–Crippen LogP) is 9.61. The molecule has 0 N–H and O–H groups in total. The van der Waals surface area contributed by atoms with Crippen molar-refractivity contribution in [1.82, 2.24) is 0 Å². The molecule has 0 fully saturated rings. The minimum absolute atomic E-state index is 0.153. The van der Waals surface area contributed by atoms with Gasteiger partial charge in [-0.15, -0.1) is 0 Å². The summed E-state index contributed by atoms with van der Waals surface area (Å²) in [6.45, 7) is 4.76. The zero-order chi connectivity index (χ0) is 38.5. The standard InChI is InChI=1S/C43H83NO8/c1-6-8-10-12-14-16-18-20-22-24-26-28-30-32-34-41(46)52-39(38-51-43(42(47)48)49-36-35-44(3,4)5)37-50-40(45)33-31-29-27-25-23-21-19-17-15-13-11-9-7-2/h39,43H,6-38H2,1-5H3. The van der Waals surface area contributed by atoms with E-state index in [4.69, 9.17) is 18.9 Å². The van der Waals surface area contributed by atoms with Gasteiger partial charge in [0.05, 0.1) is 40.3 Å². The van der Waals surface area contributed by atoms with Gasteiger partial charge in [0.2, 0.25) is 0 Å². The van der Waals surface area contributed by atoms with Gasteiger partial charge in [-0.3, -0.25) is 9.59 Å². The molecule has 0 spiro atoms. The van der Waals surface area contributed by atoms with Crippen LogP contribution in [0.1, 0.15) is 200 Å². The fourth-order valence-corrected chi connectivity index (χ4v) is 6.18. The van der Waals surface area contributed by atoms with Gasteiger partial charge in [0.1, 0.15) is 13.2 Å². The van der Waals surface area contributed by atoms with E-state index in [0.29, 0.717) is 17.4 Å². The molecule has 308 valence electrons. The molecule has 9 nitrogen and oxygen atoms in total. The highest BCUT2D eigenvalue weighted by molar-refractivity contribution is 5.70. The summed E-state index contributed by atoms with van der Waals surface area (Å²) in [5, 5.41) is 11.7. The molecule has 0 amide bonds. The number of quaternary nitrogens is 1. The summed E-state index contributed by atoms with van der Waals surface area (Å²) >= 11 is 0. The van der Waals surface area contributed by atoms with Crippen LogP contribution in [0.5, 0.6) is 0 Å². The van der Waals surface area contributed by atoms with Crippen molar-refractivity contribution in [1.29, 1.82) is 0 Å². The molecule has 0 aromatic heterocycles. The van der Waals surface area contributed by atoms with Gasteiger partial charge in [0, 0.05) is 12.8 Å². The fourth-order valence-electron chi connectivity index (χ4n) is 6.18. The van der Waals surface area contributed by atoms with E-state index in [2.05, 4.69) is 13.8 Å². The molecule has 0 saturated heterocycles. The second-order valence-corrected chi connectivity index (χ2v) is 16.0. The Hall–Kier alpha value is -1.71. The average Bonchev–Trinajstić information content (AvgIpc) is 3.09. The van der Waals surface area contributed by atoms with Crippen LogP contribution in [0.25, 0.3) is 0 Å². The highest BCUT2D eigenvalue weighted by Crippen LogP contribution is 2.15. The minimum Gasteiger partial charge on any atom is -0.545 e. The lowest BCUT2D eigenvalue weighted by molar-refractivity contribution is -0.870. The molecule has 2 unspecified atom stereocenters. The number of carbonyl (C=O) groups is 3. The number of esters is 2. The van der Waals surface area contributed by atoms with Crippen LogP contribution in [0.4, 0.5) is 0 Å². The highest BCUT2D eigenvalue weighted by atomic mass is 16.7. The molecular weight excluding hydrogens is 658 g/mol. The Morgan fingerprint density at radius 2 is 0.865 bits per heavy atom. The summed E-state index contributed by atoms with van der Waals surface area (Å²) in [6, 6.07) is 0. The van der Waals surface area contributed by atoms with Gasteiger partial charge in [-0.2, -0.15) is 0 Å². The van der Waals surface area contributed by atoms with E-state index in [9.17, 15) is 19.5 Å². The number of carbonyl (C=O) groups excluding carboxylic acids is 3. The Balaban J connectivity index is 4.43.